The van der Waals surface area contributed by atoms with Crippen molar-refractivity contribution >= 4 is 17.3 Å². The summed E-state index contributed by atoms with van der Waals surface area (Å²) >= 11 is 6.00. The van der Waals surface area contributed by atoms with Crippen molar-refractivity contribution in [3.05, 3.63) is 28.8 Å². The van der Waals surface area contributed by atoms with Gasteiger partial charge < -0.3 is 10.6 Å². The highest BCUT2D eigenvalue weighted by atomic mass is 35.5. The molecule has 3 nitrogen and oxygen atoms in total. The molecule has 1 heterocycles. The van der Waals surface area contributed by atoms with E-state index in [4.69, 9.17) is 22.6 Å². The maximum absolute atomic E-state index is 9.10. The highest BCUT2D eigenvalue weighted by molar-refractivity contribution is 6.32. The van der Waals surface area contributed by atoms with Crippen molar-refractivity contribution < 1.29 is 0 Å². The lowest BCUT2D eigenvalue weighted by atomic mass is 10.0. The summed E-state index contributed by atoms with van der Waals surface area (Å²) in [5.41, 5.74) is 7.36. The molecule has 0 amide bonds. The van der Waals surface area contributed by atoms with Gasteiger partial charge in [0, 0.05) is 19.1 Å². The van der Waals surface area contributed by atoms with Gasteiger partial charge in [-0.25, -0.2) is 0 Å². The fourth-order valence-electron chi connectivity index (χ4n) is 2.03. The fraction of sp³-hybridized carbons (Fsp3) is 0.417. The summed E-state index contributed by atoms with van der Waals surface area (Å²) < 4.78 is 0. The quantitative estimate of drug-likeness (QED) is 0.812. The minimum Gasteiger partial charge on any atom is -0.370 e. The Morgan fingerprint density at radius 1 is 1.38 bits per heavy atom. The maximum atomic E-state index is 9.10. The van der Waals surface area contributed by atoms with E-state index in [1.54, 1.807) is 6.07 Å². The number of nitrogens with two attached hydrogens (primary N) is 1. The van der Waals surface area contributed by atoms with Crippen LogP contribution in [0, 0.1) is 11.3 Å². The first-order valence-corrected chi connectivity index (χ1v) is 5.79. The Morgan fingerprint density at radius 3 is 2.69 bits per heavy atom. The van der Waals surface area contributed by atoms with E-state index in [0.717, 1.165) is 31.6 Å². The van der Waals surface area contributed by atoms with Crippen LogP contribution in [-0.4, -0.2) is 19.1 Å². The van der Waals surface area contributed by atoms with Crippen molar-refractivity contribution in [3.8, 4) is 6.07 Å². The largest absolute Gasteiger partial charge is 0.370 e. The molecule has 16 heavy (non-hydrogen) atoms. The number of rotatable bonds is 1. The summed E-state index contributed by atoms with van der Waals surface area (Å²) in [5.74, 6) is 0. The third-order valence-electron chi connectivity index (χ3n) is 2.98. The van der Waals surface area contributed by atoms with Crippen LogP contribution in [0.25, 0.3) is 0 Å². The van der Waals surface area contributed by atoms with E-state index in [1.807, 2.05) is 12.1 Å². The van der Waals surface area contributed by atoms with Crippen LogP contribution in [0.4, 0.5) is 5.69 Å². The lowest BCUT2D eigenvalue weighted by molar-refractivity contribution is 0.501. The average molecular weight is 236 g/mol. The second-order valence-electron chi connectivity index (χ2n) is 4.07. The lowest BCUT2D eigenvalue weighted by Crippen LogP contribution is -2.40. The first kappa shape index (κ1) is 11.3. The predicted octanol–water partition coefficient (Wildman–Crippen LogP) is 2.14. The minimum absolute atomic E-state index is 0.293. The van der Waals surface area contributed by atoms with E-state index in [2.05, 4.69) is 11.0 Å². The molecule has 0 unspecified atom stereocenters. The fourth-order valence-corrected chi connectivity index (χ4v) is 2.24. The van der Waals surface area contributed by atoms with Crippen LogP contribution in [-0.2, 0) is 0 Å². The molecule has 0 spiro atoms. The zero-order valence-corrected chi connectivity index (χ0v) is 9.74. The van der Waals surface area contributed by atoms with Crippen molar-refractivity contribution in [3.63, 3.8) is 0 Å². The van der Waals surface area contributed by atoms with Gasteiger partial charge >= 0.3 is 0 Å². The number of piperidine rings is 1. The summed E-state index contributed by atoms with van der Waals surface area (Å²) in [6.45, 7) is 1.80. The van der Waals surface area contributed by atoms with Crippen LogP contribution in [0.2, 0.25) is 5.02 Å². The van der Waals surface area contributed by atoms with Crippen molar-refractivity contribution in [2.45, 2.75) is 18.9 Å². The first-order chi connectivity index (χ1) is 7.72. The number of hydrogen-bond donors (Lipinski definition) is 1. The summed E-state index contributed by atoms with van der Waals surface area (Å²) in [6.07, 6.45) is 1.94. The molecule has 0 atom stereocenters. The topological polar surface area (TPSA) is 53.0 Å². The molecule has 1 aromatic rings. The number of benzene rings is 1. The molecule has 1 aliphatic rings. The predicted molar refractivity (Wildman–Crippen MR) is 65.6 cm³/mol. The third-order valence-corrected chi connectivity index (χ3v) is 3.30. The Morgan fingerprint density at radius 2 is 2.06 bits per heavy atom. The van der Waals surface area contributed by atoms with Crippen molar-refractivity contribution in [2.75, 3.05) is 18.0 Å². The molecule has 2 N–H and O–H groups in total. The molecule has 2 rings (SSSR count). The van der Waals surface area contributed by atoms with Gasteiger partial charge in [-0.2, -0.15) is 5.26 Å². The second kappa shape index (κ2) is 4.73. The minimum atomic E-state index is 0.293. The molecule has 0 bridgehead atoms. The number of anilines is 1. The number of nitrogens with zero attached hydrogens (tertiary/aromatic N) is 2. The van der Waals surface area contributed by atoms with E-state index in [9.17, 15) is 0 Å². The van der Waals surface area contributed by atoms with Crippen LogP contribution >= 0.6 is 11.6 Å². The highest BCUT2D eigenvalue weighted by Crippen LogP contribution is 2.28. The average Bonchev–Trinajstić information content (AvgIpc) is 2.30. The molecule has 1 fully saturated rings. The number of nitriles is 1. The standard InChI is InChI=1S/C12H14ClN3/c13-11-2-1-3-12(10(11)8-14)16-6-4-9(15)5-7-16/h1-3,9H,4-7,15H2. The van der Waals surface area contributed by atoms with Gasteiger partial charge in [0.1, 0.15) is 6.07 Å². The maximum Gasteiger partial charge on any atom is 0.103 e. The summed E-state index contributed by atoms with van der Waals surface area (Å²) in [5, 5.41) is 9.62. The highest BCUT2D eigenvalue weighted by Gasteiger charge is 2.19. The van der Waals surface area contributed by atoms with Gasteiger partial charge in [0.2, 0.25) is 0 Å². The third kappa shape index (κ3) is 2.13. The molecule has 1 aliphatic heterocycles. The van der Waals surface area contributed by atoms with Gasteiger partial charge in [0.15, 0.2) is 0 Å². The Kier molecular flexibility index (Phi) is 3.33. The summed E-state index contributed by atoms with van der Waals surface area (Å²) in [7, 11) is 0. The van der Waals surface area contributed by atoms with E-state index < -0.39 is 0 Å². The number of hydrogen-bond acceptors (Lipinski definition) is 3. The molecule has 84 valence electrons. The molecular formula is C12H14ClN3. The van der Waals surface area contributed by atoms with E-state index >= 15 is 0 Å². The number of halogens is 1. The summed E-state index contributed by atoms with van der Waals surface area (Å²) in [6, 6.07) is 8.04. The van der Waals surface area contributed by atoms with Gasteiger partial charge in [-0.3, -0.25) is 0 Å². The molecule has 4 heteroatoms. The molecule has 0 aliphatic carbocycles. The Hall–Kier alpha value is -1.24. The van der Waals surface area contributed by atoms with Gasteiger partial charge in [-0.15, -0.1) is 0 Å². The van der Waals surface area contributed by atoms with Crippen LogP contribution in [0.3, 0.4) is 0 Å². The van der Waals surface area contributed by atoms with Gasteiger partial charge in [0.25, 0.3) is 0 Å². The Balaban J connectivity index is 2.27. The molecule has 1 saturated heterocycles. The van der Waals surface area contributed by atoms with Gasteiger partial charge in [0.05, 0.1) is 16.3 Å². The molecule has 0 radical (unpaired) electrons. The summed E-state index contributed by atoms with van der Waals surface area (Å²) in [4.78, 5) is 2.19. The van der Waals surface area contributed by atoms with Crippen molar-refractivity contribution in [2.24, 2.45) is 5.73 Å². The van der Waals surface area contributed by atoms with Crippen molar-refractivity contribution in [1.29, 1.82) is 5.26 Å². The smallest absolute Gasteiger partial charge is 0.103 e. The van der Waals surface area contributed by atoms with E-state index in [0.29, 0.717) is 16.6 Å². The van der Waals surface area contributed by atoms with E-state index in [-0.39, 0.29) is 0 Å². The second-order valence-corrected chi connectivity index (χ2v) is 4.48. The van der Waals surface area contributed by atoms with Crippen molar-refractivity contribution in [1.82, 2.24) is 0 Å². The Labute approximate surface area is 100 Å². The monoisotopic (exact) mass is 235 g/mol. The molecule has 0 aromatic heterocycles. The van der Waals surface area contributed by atoms with Crippen LogP contribution in [0.1, 0.15) is 18.4 Å². The zero-order chi connectivity index (χ0) is 11.5. The van der Waals surface area contributed by atoms with Crippen LogP contribution in [0.5, 0.6) is 0 Å². The molecule has 0 saturated carbocycles. The van der Waals surface area contributed by atoms with Crippen LogP contribution in [0.15, 0.2) is 18.2 Å². The van der Waals surface area contributed by atoms with Crippen LogP contribution < -0.4 is 10.6 Å². The molecular weight excluding hydrogens is 222 g/mol. The van der Waals surface area contributed by atoms with Gasteiger partial charge in [-0.1, -0.05) is 17.7 Å². The SMILES string of the molecule is N#Cc1c(Cl)cccc1N1CCC(N)CC1. The first-order valence-electron chi connectivity index (χ1n) is 5.41. The molecule has 1 aromatic carbocycles. The zero-order valence-electron chi connectivity index (χ0n) is 8.99. The van der Waals surface area contributed by atoms with E-state index in [1.165, 1.54) is 0 Å². The normalized spacial score (nSPS) is 17.2. The van der Waals surface area contributed by atoms with Gasteiger partial charge in [-0.05, 0) is 25.0 Å². The Bertz CT molecular complexity index is 417. The lowest BCUT2D eigenvalue weighted by Gasteiger charge is -2.32.